The standard InChI is InChI=1S/C16H30N4O3.HI/c1-16(7-5-9-23-16)12-19-15(18-11-14(21)20(2)3)17-10-13-6-4-8-22-13;/h13H,4-12H2,1-3H3,(H2,17,18,19);1H. The third-order valence-corrected chi connectivity index (χ3v) is 4.32. The Labute approximate surface area is 161 Å². The van der Waals surface area contributed by atoms with Crippen molar-refractivity contribution in [3.8, 4) is 0 Å². The molecule has 0 radical (unpaired) electrons. The van der Waals surface area contributed by atoms with Crippen LogP contribution in [0.4, 0.5) is 0 Å². The van der Waals surface area contributed by atoms with Crippen molar-refractivity contribution < 1.29 is 14.3 Å². The van der Waals surface area contributed by atoms with Crippen molar-refractivity contribution in [2.24, 2.45) is 4.99 Å². The summed E-state index contributed by atoms with van der Waals surface area (Å²) >= 11 is 0. The van der Waals surface area contributed by atoms with E-state index in [9.17, 15) is 4.79 Å². The molecule has 2 fully saturated rings. The molecule has 2 aliphatic rings. The quantitative estimate of drug-likeness (QED) is 0.356. The van der Waals surface area contributed by atoms with E-state index in [1.54, 1.807) is 19.0 Å². The third kappa shape index (κ3) is 7.10. The third-order valence-electron chi connectivity index (χ3n) is 4.32. The minimum atomic E-state index is -0.155. The number of amides is 1. The fraction of sp³-hybridized carbons (Fsp3) is 0.875. The molecule has 2 heterocycles. The van der Waals surface area contributed by atoms with E-state index in [2.05, 4.69) is 22.5 Å². The number of rotatable bonds is 6. The summed E-state index contributed by atoms with van der Waals surface area (Å²) in [7, 11) is 3.47. The van der Waals surface area contributed by atoms with E-state index >= 15 is 0 Å². The summed E-state index contributed by atoms with van der Waals surface area (Å²) in [5.41, 5.74) is -0.155. The molecular weight excluding hydrogens is 423 g/mol. The van der Waals surface area contributed by atoms with Crippen molar-refractivity contribution >= 4 is 35.8 Å². The molecular formula is C16H31IN4O3. The molecule has 0 aromatic rings. The first-order chi connectivity index (χ1) is 11.0. The van der Waals surface area contributed by atoms with Crippen molar-refractivity contribution in [3.05, 3.63) is 0 Å². The number of aliphatic imine (C=N–C) groups is 1. The van der Waals surface area contributed by atoms with Crippen LogP contribution < -0.4 is 10.6 Å². The molecule has 2 aliphatic heterocycles. The topological polar surface area (TPSA) is 75.2 Å². The highest BCUT2D eigenvalue weighted by atomic mass is 127. The summed E-state index contributed by atoms with van der Waals surface area (Å²) in [5, 5.41) is 6.59. The van der Waals surface area contributed by atoms with Gasteiger partial charge in [-0.3, -0.25) is 4.79 Å². The molecule has 2 rings (SSSR count). The SMILES string of the molecule is CN(C)C(=O)CN=C(NCC1CCCO1)NCC1(C)CCCO1.I. The number of hydrogen-bond donors (Lipinski definition) is 2. The van der Waals surface area contributed by atoms with E-state index in [4.69, 9.17) is 9.47 Å². The Morgan fingerprint density at radius 2 is 2.08 bits per heavy atom. The first-order valence-corrected chi connectivity index (χ1v) is 8.46. The smallest absolute Gasteiger partial charge is 0.243 e. The van der Waals surface area contributed by atoms with Gasteiger partial charge in [0.15, 0.2) is 5.96 Å². The number of nitrogens with zero attached hydrogens (tertiary/aromatic N) is 2. The first-order valence-electron chi connectivity index (χ1n) is 8.46. The highest BCUT2D eigenvalue weighted by molar-refractivity contribution is 14.0. The first kappa shape index (κ1) is 21.4. The molecule has 2 saturated heterocycles. The van der Waals surface area contributed by atoms with Crippen LogP contribution in [0.15, 0.2) is 4.99 Å². The van der Waals surface area contributed by atoms with E-state index < -0.39 is 0 Å². The summed E-state index contributed by atoms with van der Waals surface area (Å²) in [4.78, 5) is 17.7. The van der Waals surface area contributed by atoms with Gasteiger partial charge in [-0.05, 0) is 32.6 Å². The molecule has 140 valence electrons. The van der Waals surface area contributed by atoms with Gasteiger partial charge in [0.05, 0.1) is 11.7 Å². The van der Waals surface area contributed by atoms with Crippen LogP contribution in [0.5, 0.6) is 0 Å². The summed E-state index contributed by atoms with van der Waals surface area (Å²) in [6, 6.07) is 0. The summed E-state index contributed by atoms with van der Waals surface area (Å²) in [6.45, 7) is 5.27. The number of guanidine groups is 1. The van der Waals surface area contributed by atoms with Gasteiger partial charge in [-0.25, -0.2) is 4.99 Å². The number of nitrogens with one attached hydrogen (secondary N) is 2. The number of hydrogen-bond acceptors (Lipinski definition) is 4. The molecule has 2 N–H and O–H groups in total. The fourth-order valence-electron chi connectivity index (χ4n) is 2.73. The zero-order chi connectivity index (χ0) is 16.7. The van der Waals surface area contributed by atoms with Crippen molar-refractivity contribution in [1.29, 1.82) is 0 Å². The molecule has 8 heteroatoms. The van der Waals surface area contributed by atoms with Crippen molar-refractivity contribution in [2.45, 2.75) is 44.3 Å². The van der Waals surface area contributed by atoms with Crippen LogP contribution in [-0.4, -0.2) is 75.4 Å². The number of halogens is 1. The van der Waals surface area contributed by atoms with Crippen LogP contribution in [0.3, 0.4) is 0 Å². The maximum absolute atomic E-state index is 11.7. The van der Waals surface area contributed by atoms with Gasteiger partial charge < -0.3 is 25.0 Å². The van der Waals surface area contributed by atoms with Crippen LogP contribution in [0.2, 0.25) is 0 Å². The lowest BCUT2D eigenvalue weighted by Crippen LogP contribution is -2.47. The number of ether oxygens (including phenoxy) is 2. The number of likely N-dealkylation sites (N-methyl/N-ethyl adjacent to an activating group) is 1. The van der Waals surface area contributed by atoms with Crippen molar-refractivity contribution in [1.82, 2.24) is 15.5 Å². The molecule has 0 spiro atoms. The molecule has 0 aliphatic carbocycles. The average Bonchev–Trinajstić information content (AvgIpc) is 3.18. The fourth-order valence-corrected chi connectivity index (χ4v) is 2.73. The normalized spacial score (nSPS) is 26.8. The Morgan fingerprint density at radius 3 is 2.67 bits per heavy atom. The monoisotopic (exact) mass is 454 g/mol. The Balaban J connectivity index is 0.00000288. The number of carbonyl (C=O) groups excluding carboxylic acids is 1. The molecule has 0 aromatic carbocycles. The van der Waals surface area contributed by atoms with Crippen LogP contribution in [0.25, 0.3) is 0 Å². The molecule has 0 saturated carbocycles. The van der Waals surface area contributed by atoms with Gasteiger partial charge >= 0.3 is 0 Å². The van der Waals surface area contributed by atoms with Crippen LogP contribution in [-0.2, 0) is 14.3 Å². The lowest BCUT2D eigenvalue weighted by atomic mass is 10.0. The minimum Gasteiger partial charge on any atom is -0.376 e. The largest absolute Gasteiger partial charge is 0.376 e. The minimum absolute atomic E-state index is 0. The molecule has 0 aromatic heterocycles. The maximum Gasteiger partial charge on any atom is 0.243 e. The molecule has 7 nitrogen and oxygen atoms in total. The van der Waals surface area contributed by atoms with Crippen LogP contribution >= 0.6 is 24.0 Å². The Bertz CT molecular complexity index is 420. The van der Waals surface area contributed by atoms with Gasteiger partial charge in [-0.2, -0.15) is 0 Å². The second-order valence-corrected chi connectivity index (χ2v) is 6.72. The molecule has 2 atom stereocenters. The molecule has 1 amide bonds. The number of carbonyl (C=O) groups is 1. The highest BCUT2D eigenvalue weighted by Crippen LogP contribution is 2.23. The van der Waals surface area contributed by atoms with E-state index in [0.717, 1.165) is 38.9 Å². The summed E-state index contributed by atoms with van der Waals surface area (Å²) in [5.74, 6) is 0.624. The molecule has 2 unspecified atom stereocenters. The van der Waals surface area contributed by atoms with Gasteiger partial charge in [-0.1, -0.05) is 0 Å². The lowest BCUT2D eigenvalue weighted by Gasteiger charge is -2.25. The summed E-state index contributed by atoms with van der Waals surface area (Å²) < 4.78 is 11.4. The van der Waals surface area contributed by atoms with E-state index in [0.29, 0.717) is 19.0 Å². The zero-order valence-corrected chi connectivity index (χ0v) is 17.3. The highest BCUT2D eigenvalue weighted by Gasteiger charge is 2.29. The predicted molar refractivity (Wildman–Crippen MR) is 105 cm³/mol. The lowest BCUT2D eigenvalue weighted by molar-refractivity contribution is -0.127. The van der Waals surface area contributed by atoms with Gasteiger partial charge in [-0.15, -0.1) is 24.0 Å². The molecule has 24 heavy (non-hydrogen) atoms. The van der Waals surface area contributed by atoms with E-state index in [1.807, 2.05) is 0 Å². The van der Waals surface area contributed by atoms with Gasteiger partial charge in [0.1, 0.15) is 6.54 Å². The second-order valence-electron chi connectivity index (χ2n) is 6.72. The van der Waals surface area contributed by atoms with Gasteiger partial charge in [0, 0.05) is 40.4 Å². The Hall–Kier alpha value is -0.610. The zero-order valence-electron chi connectivity index (χ0n) is 15.0. The van der Waals surface area contributed by atoms with E-state index in [1.165, 1.54) is 0 Å². The van der Waals surface area contributed by atoms with Crippen molar-refractivity contribution in [2.75, 3.05) is 46.9 Å². The Morgan fingerprint density at radius 1 is 1.29 bits per heavy atom. The molecule has 0 bridgehead atoms. The average molecular weight is 454 g/mol. The van der Waals surface area contributed by atoms with E-state index in [-0.39, 0.29) is 48.1 Å². The second kappa shape index (κ2) is 10.4. The van der Waals surface area contributed by atoms with Gasteiger partial charge in [0.2, 0.25) is 5.91 Å². The van der Waals surface area contributed by atoms with Crippen molar-refractivity contribution in [3.63, 3.8) is 0 Å². The Kier molecular flexibility index (Phi) is 9.28. The maximum atomic E-state index is 11.7. The predicted octanol–water partition coefficient (Wildman–Crippen LogP) is 0.976. The van der Waals surface area contributed by atoms with Gasteiger partial charge in [0.25, 0.3) is 0 Å². The van der Waals surface area contributed by atoms with Crippen LogP contribution in [0, 0.1) is 0 Å². The summed E-state index contributed by atoms with van der Waals surface area (Å²) in [6.07, 6.45) is 4.53. The van der Waals surface area contributed by atoms with Crippen LogP contribution in [0.1, 0.15) is 32.6 Å².